The van der Waals surface area contributed by atoms with E-state index >= 15 is 0 Å². The van der Waals surface area contributed by atoms with E-state index in [0.29, 0.717) is 44.8 Å². The summed E-state index contributed by atoms with van der Waals surface area (Å²) >= 11 is 0. The Hall–Kier alpha value is -1.59. The normalized spacial score (nSPS) is 24.9. The summed E-state index contributed by atoms with van der Waals surface area (Å²) in [5, 5.41) is 2.74. The second-order valence-corrected chi connectivity index (χ2v) is 5.48. The molecule has 2 aliphatic rings. The molecule has 3 N–H and O–H groups in total. The van der Waals surface area contributed by atoms with Crippen LogP contribution in [0.4, 0.5) is 0 Å². The third-order valence-corrected chi connectivity index (χ3v) is 4.03. The monoisotopic (exact) mass is 267 g/mol. The molecule has 2 fully saturated rings. The summed E-state index contributed by atoms with van der Waals surface area (Å²) in [6.07, 6.45) is 3.18. The fourth-order valence-corrected chi connectivity index (χ4v) is 2.84. The van der Waals surface area contributed by atoms with Crippen molar-refractivity contribution < 1.29 is 14.4 Å². The van der Waals surface area contributed by atoms with Crippen LogP contribution in [0.3, 0.4) is 0 Å². The van der Waals surface area contributed by atoms with E-state index in [9.17, 15) is 14.4 Å². The Morgan fingerprint density at radius 2 is 1.95 bits per heavy atom. The molecule has 6 nitrogen and oxygen atoms in total. The van der Waals surface area contributed by atoms with Crippen LogP contribution in [0.5, 0.6) is 0 Å². The second kappa shape index (κ2) is 6.04. The molecule has 106 valence electrons. The van der Waals surface area contributed by atoms with Crippen LogP contribution in [0.2, 0.25) is 0 Å². The molecule has 3 amide bonds. The van der Waals surface area contributed by atoms with Gasteiger partial charge in [0.2, 0.25) is 17.7 Å². The van der Waals surface area contributed by atoms with Gasteiger partial charge in [-0.05, 0) is 25.2 Å². The first-order chi connectivity index (χ1) is 9.06. The second-order valence-electron chi connectivity index (χ2n) is 5.48. The highest BCUT2D eigenvalue weighted by molar-refractivity contribution is 5.83. The minimum Gasteiger partial charge on any atom is -0.370 e. The van der Waals surface area contributed by atoms with Crippen molar-refractivity contribution in [1.29, 1.82) is 0 Å². The molecule has 2 rings (SSSR count). The molecule has 0 aromatic heterocycles. The summed E-state index contributed by atoms with van der Waals surface area (Å²) in [5.74, 6) is 0.138. The highest BCUT2D eigenvalue weighted by Crippen LogP contribution is 2.23. The maximum absolute atomic E-state index is 12.3. The first kappa shape index (κ1) is 13.8. The molecule has 0 aromatic rings. The van der Waals surface area contributed by atoms with Crippen molar-refractivity contribution in [2.75, 3.05) is 19.6 Å². The van der Waals surface area contributed by atoms with E-state index in [1.54, 1.807) is 0 Å². The number of carbonyl (C=O) groups is 3. The van der Waals surface area contributed by atoms with E-state index in [2.05, 4.69) is 5.32 Å². The predicted octanol–water partition coefficient (Wildman–Crippen LogP) is -0.373. The van der Waals surface area contributed by atoms with E-state index in [1.165, 1.54) is 0 Å². The van der Waals surface area contributed by atoms with Gasteiger partial charge in [-0.2, -0.15) is 0 Å². The molecule has 2 aliphatic heterocycles. The SMILES string of the molecule is NC(=O)CC1CCN(C(=O)C2CCC(=O)NC2)CC1. The van der Waals surface area contributed by atoms with Gasteiger partial charge in [0.05, 0.1) is 5.92 Å². The van der Waals surface area contributed by atoms with Crippen molar-refractivity contribution >= 4 is 17.7 Å². The van der Waals surface area contributed by atoms with Gasteiger partial charge in [-0.15, -0.1) is 0 Å². The van der Waals surface area contributed by atoms with Gasteiger partial charge in [0, 0.05) is 32.5 Å². The Kier molecular flexibility index (Phi) is 4.39. The Labute approximate surface area is 112 Å². The Balaban J connectivity index is 1.79. The molecule has 0 aromatic carbocycles. The average molecular weight is 267 g/mol. The molecular formula is C13H21N3O3. The standard InChI is InChI=1S/C13H21N3O3/c14-11(17)7-9-3-5-16(6-4-9)13(19)10-1-2-12(18)15-8-10/h9-10H,1-8H2,(H2,14,17)(H,15,18). The topological polar surface area (TPSA) is 92.5 Å². The van der Waals surface area contributed by atoms with Gasteiger partial charge >= 0.3 is 0 Å². The van der Waals surface area contributed by atoms with Crippen LogP contribution in [0.1, 0.15) is 32.1 Å². The lowest BCUT2D eigenvalue weighted by atomic mass is 9.91. The third-order valence-electron chi connectivity index (χ3n) is 4.03. The molecule has 2 heterocycles. The van der Waals surface area contributed by atoms with Crippen molar-refractivity contribution in [3.8, 4) is 0 Å². The predicted molar refractivity (Wildman–Crippen MR) is 68.8 cm³/mol. The first-order valence-corrected chi connectivity index (χ1v) is 6.90. The molecule has 0 saturated carbocycles. The van der Waals surface area contributed by atoms with E-state index in [1.807, 2.05) is 4.90 Å². The largest absolute Gasteiger partial charge is 0.370 e. The number of piperidine rings is 2. The zero-order valence-electron chi connectivity index (χ0n) is 11.1. The van der Waals surface area contributed by atoms with Gasteiger partial charge in [0.15, 0.2) is 0 Å². The molecular weight excluding hydrogens is 246 g/mol. The number of nitrogens with one attached hydrogen (secondary N) is 1. The molecule has 19 heavy (non-hydrogen) atoms. The number of amides is 3. The maximum atomic E-state index is 12.3. The zero-order chi connectivity index (χ0) is 13.8. The van der Waals surface area contributed by atoms with Crippen LogP contribution in [0, 0.1) is 11.8 Å². The average Bonchev–Trinajstić information content (AvgIpc) is 2.39. The van der Waals surface area contributed by atoms with E-state index in [0.717, 1.165) is 12.8 Å². The smallest absolute Gasteiger partial charge is 0.227 e. The van der Waals surface area contributed by atoms with Gasteiger partial charge in [0.1, 0.15) is 0 Å². The van der Waals surface area contributed by atoms with Crippen LogP contribution in [-0.2, 0) is 14.4 Å². The lowest BCUT2D eigenvalue weighted by molar-refractivity contribution is -0.138. The molecule has 1 atom stereocenters. The molecule has 1 unspecified atom stereocenters. The van der Waals surface area contributed by atoms with Gasteiger partial charge in [-0.1, -0.05) is 0 Å². The van der Waals surface area contributed by atoms with Crippen molar-refractivity contribution in [2.45, 2.75) is 32.1 Å². The third kappa shape index (κ3) is 3.68. The zero-order valence-corrected chi connectivity index (χ0v) is 11.1. The molecule has 0 spiro atoms. The maximum Gasteiger partial charge on any atom is 0.227 e. The quantitative estimate of drug-likeness (QED) is 0.730. The molecule has 2 saturated heterocycles. The molecule has 6 heteroatoms. The summed E-state index contributed by atoms with van der Waals surface area (Å²) in [6, 6.07) is 0. The highest BCUT2D eigenvalue weighted by Gasteiger charge is 2.30. The lowest BCUT2D eigenvalue weighted by Gasteiger charge is -2.34. The van der Waals surface area contributed by atoms with E-state index < -0.39 is 0 Å². The Bertz CT molecular complexity index is 365. The summed E-state index contributed by atoms with van der Waals surface area (Å²) in [6.45, 7) is 1.85. The van der Waals surface area contributed by atoms with Crippen LogP contribution in [0.15, 0.2) is 0 Å². The molecule has 0 aliphatic carbocycles. The van der Waals surface area contributed by atoms with Crippen molar-refractivity contribution in [2.24, 2.45) is 17.6 Å². The van der Waals surface area contributed by atoms with Gasteiger partial charge in [0.25, 0.3) is 0 Å². The van der Waals surface area contributed by atoms with Gasteiger partial charge < -0.3 is 16.0 Å². The number of hydrogen-bond donors (Lipinski definition) is 2. The van der Waals surface area contributed by atoms with Crippen LogP contribution < -0.4 is 11.1 Å². The van der Waals surface area contributed by atoms with Crippen molar-refractivity contribution in [3.63, 3.8) is 0 Å². The lowest BCUT2D eigenvalue weighted by Crippen LogP contribution is -2.47. The van der Waals surface area contributed by atoms with Crippen LogP contribution >= 0.6 is 0 Å². The summed E-state index contributed by atoms with van der Waals surface area (Å²) in [7, 11) is 0. The number of carbonyl (C=O) groups excluding carboxylic acids is 3. The summed E-state index contributed by atoms with van der Waals surface area (Å²) in [5.41, 5.74) is 5.19. The van der Waals surface area contributed by atoms with Gasteiger partial charge in [-0.3, -0.25) is 14.4 Å². The first-order valence-electron chi connectivity index (χ1n) is 6.90. The Morgan fingerprint density at radius 1 is 1.26 bits per heavy atom. The van der Waals surface area contributed by atoms with Gasteiger partial charge in [-0.25, -0.2) is 0 Å². The fraction of sp³-hybridized carbons (Fsp3) is 0.769. The summed E-state index contributed by atoms with van der Waals surface area (Å²) in [4.78, 5) is 36.1. The number of likely N-dealkylation sites (tertiary alicyclic amines) is 1. The van der Waals surface area contributed by atoms with E-state index in [-0.39, 0.29) is 23.6 Å². The summed E-state index contributed by atoms with van der Waals surface area (Å²) < 4.78 is 0. The number of rotatable bonds is 3. The highest BCUT2D eigenvalue weighted by atomic mass is 16.2. The number of nitrogens with two attached hydrogens (primary N) is 1. The van der Waals surface area contributed by atoms with Crippen molar-refractivity contribution in [3.05, 3.63) is 0 Å². The minimum absolute atomic E-state index is 0.0317. The fourth-order valence-electron chi connectivity index (χ4n) is 2.84. The molecule has 0 radical (unpaired) electrons. The molecule has 0 bridgehead atoms. The number of hydrogen-bond acceptors (Lipinski definition) is 3. The number of primary amides is 1. The Morgan fingerprint density at radius 3 is 2.47 bits per heavy atom. The van der Waals surface area contributed by atoms with Crippen LogP contribution in [-0.4, -0.2) is 42.3 Å². The van der Waals surface area contributed by atoms with Crippen LogP contribution in [0.25, 0.3) is 0 Å². The van der Waals surface area contributed by atoms with E-state index in [4.69, 9.17) is 5.73 Å². The van der Waals surface area contributed by atoms with Crippen molar-refractivity contribution in [1.82, 2.24) is 10.2 Å². The number of nitrogens with zero attached hydrogens (tertiary/aromatic N) is 1. The minimum atomic E-state index is -0.264.